The van der Waals surface area contributed by atoms with E-state index in [-0.39, 0.29) is 0 Å². The van der Waals surface area contributed by atoms with Crippen molar-refractivity contribution in [1.29, 1.82) is 0 Å². The Hall–Kier alpha value is -0.690. The lowest BCUT2D eigenvalue weighted by Gasteiger charge is -2.11. The van der Waals surface area contributed by atoms with Crippen LogP contribution in [0.15, 0.2) is 24.3 Å². The van der Waals surface area contributed by atoms with Crippen LogP contribution in [0.5, 0.6) is 5.75 Å². The van der Waals surface area contributed by atoms with E-state index in [9.17, 15) is 0 Å². The van der Waals surface area contributed by atoms with E-state index in [2.05, 4.69) is 19.1 Å². The maximum atomic E-state index is 5.84. The van der Waals surface area contributed by atoms with E-state index in [1.54, 1.807) is 7.11 Å². The molecule has 1 nitrogen and oxygen atoms in total. The van der Waals surface area contributed by atoms with Crippen LogP contribution in [0.25, 0.3) is 0 Å². The Kier molecular flexibility index (Phi) is 4.10. The fourth-order valence-corrected chi connectivity index (χ4v) is 1.71. The third kappa shape index (κ3) is 2.63. The fourth-order valence-electron chi connectivity index (χ4n) is 1.31. The summed E-state index contributed by atoms with van der Waals surface area (Å²) in [5.74, 6) is 2.05. The second kappa shape index (κ2) is 5.13. The number of alkyl halides is 1. The number of ether oxygens (including phenoxy) is 1. The van der Waals surface area contributed by atoms with Crippen LogP contribution < -0.4 is 4.74 Å². The van der Waals surface area contributed by atoms with Gasteiger partial charge in [-0.15, -0.1) is 11.6 Å². The van der Waals surface area contributed by atoms with Crippen LogP contribution >= 0.6 is 11.6 Å². The zero-order valence-electron chi connectivity index (χ0n) is 8.09. The largest absolute Gasteiger partial charge is 0.497 e. The zero-order valence-corrected chi connectivity index (χ0v) is 8.84. The average molecular weight is 199 g/mol. The Balaban J connectivity index is 2.78. The van der Waals surface area contributed by atoms with E-state index in [0.717, 1.165) is 12.2 Å². The van der Waals surface area contributed by atoms with Gasteiger partial charge in [0, 0.05) is 5.88 Å². The number of halogens is 1. The number of benzene rings is 1. The maximum absolute atomic E-state index is 5.84. The summed E-state index contributed by atoms with van der Waals surface area (Å²) in [5.41, 5.74) is 1.29. The van der Waals surface area contributed by atoms with Crippen LogP contribution in [0.2, 0.25) is 0 Å². The summed E-state index contributed by atoms with van der Waals surface area (Å²) in [5, 5.41) is 0. The minimum absolute atomic E-state index is 0.465. The molecule has 0 saturated heterocycles. The van der Waals surface area contributed by atoms with Gasteiger partial charge in [-0.05, 0) is 30.0 Å². The Bertz CT molecular complexity index is 239. The SMILES string of the molecule is CCC(CCl)c1ccc(OC)cc1. The minimum Gasteiger partial charge on any atom is -0.497 e. The van der Waals surface area contributed by atoms with Crippen molar-refractivity contribution in [2.45, 2.75) is 19.3 Å². The highest BCUT2D eigenvalue weighted by Gasteiger charge is 2.06. The topological polar surface area (TPSA) is 9.23 Å². The highest BCUT2D eigenvalue weighted by molar-refractivity contribution is 6.18. The molecule has 0 aromatic heterocycles. The molecular weight excluding hydrogens is 184 g/mol. The molecule has 0 fully saturated rings. The van der Waals surface area contributed by atoms with Gasteiger partial charge in [-0.3, -0.25) is 0 Å². The standard InChI is InChI=1S/C11H15ClO/c1-3-9(8-12)10-4-6-11(13-2)7-5-10/h4-7,9H,3,8H2,1-2H3. The zero-order chi connectivity index (χ0) is 9.68. The van der Waals surface area contributed by atoms with Crippen molar-refractivity contribution in [3.8, 4) is 5.75 Å². The second-order valence-corrected chi connectivity index (χ2v) is 3.34. The second-order valence-electron chi connectivity index (χ2n) is 3.03. The molecule has 1 atom stereocenters. The first kappa shape index (κ1) is 10.4. The molecule has 1 unspecified atom stereocenters. The van der Waals surface area contributed by atoms with E-state index in [1.807, 2.05) is 12.1 Å². The Morgan fingerprint density at radius 2 is 1.92 bits per heavy atom. The van der Waals surface area contributed by atoms with Crippen molar-refractivity contribution >= 4 is 11.6 Å². The molecule has 1 rings (SSSR count). The smallest absolute Gasteiger partial charge is 0.118 e. The Morgan fingerprint density at radius 3 is 2.31 bits per heavy atom. The van der Waals surface area contributed by atoms with Gasteiger partial charge < -0.3 is 4.74 Å². The minimum atomic E-state index is 0.465. The molecule has 0 spiro atoms. The number of rotatable bonds is 4. The molecule has 0 aliphatic heterocycles. The molecule has 0 bridgehead atoms. The monoisotopic (exact) mass is 198 g/mol. The van der Waals surface area contributed by atoms with E-state index < -0.39 is 0 Å². The molecule has 1 aromatic rings. The summed E-state index contributed by atoms with van der Waals surface area (Å²) in [6.45, 7) is 2.15. The molecule has 0 aliphatic rings. The van der Waals surface area contributed by atoms with Crippen molar-refractivity contribution in [3.63, 3.8) is 0 Å². The third-order valence-corrected chi connectivity index (χ3v) is 2.64. The predicted molar refractivity (Wildman–Crippen MR) is 56.7 cm³/mol. The van der Waals surface area contributed by atoms with Crippen molar-refractivity contribution < 1.29 is 4.74 Å². The molecule has 0 aliphatic carbocycles. The van der Waals surface area contributed by atoms with E-state index in [1.165, 1.54) is 5.56 Å². The molecule has 0 N–H and O–H groups in total. The van der Waals surface area contributed by atoms with Crippen molar-refractivity contribution in [2.75, 3.05) is 13.0 Å². The molecule has 0 heterocycles. The summed E-state index contributed by atoms with van der Waals surface area (Å²) in [6, 6.07) is 8.11. The molecule has 0 saturated carbocycles. The average Bonchev–Trinajstić information content (AvgIpc) is 2.21. The number of hydrogen-bond donors (Lipinski definition) is 0. The predicted octanol–water partition coefficient (Wildman–Crippen LogP) is 3.43. The van der Waals surface area contributed by atoms with E-state index in [0.29, 0.717) is 11.8 Å². The third-order valence-electron chi connectivity index (χ3n) is 2.27. The van der Waals surface area contributed by atoms with Crippen LogP contribution in [0.4, 0.5) is 0 Å². The van der Waals surface area contributed by atoms with Crippen LogP contribution in [0.1, 0.15) is 24.8 Å². The van der Waals surface area contributed by atoms with Gasteiger partial charge in [-0.1, -0.05) is 19.1 Å². The van der Waals surface area contributed by atoms with Crippen molar-refractivity contribution in [2.24, 2.45) is 0 Å². The van der Waals surface area contributed by atoms with Gasteiger partial charge in [0.1, 0.15) is 5.75 Å². The summed E-state index contributed by atoms with van der Waals surface area (Å²) in [7, 11) is 1.67. The highest BCUT2D eigenvalue weighted by atomic mass is 35.5. The first-order chi connectivity index (χ1) is 6.31. The lowest BCUT2D eigenvalue weighted by Crippen LogP contribution is -1.98. The molecule has 13 heavy (non-hydrogen) atoms. The summed E-state index contributed by atoms with van der Waals surface area (Å²) in [4.78, 5) is 0. The van der Waals surface area contributed by atoms with Crippen LogP contribution in [-0.2, 0) is 0 Å². The lowest BCUT2D eigenvalue weighted by atomic mass is 9.99. The van der Waals surface area contributed by atoms with E-state index >= 15 is 0 Å². The van der Waals surface area contributed by atoms with Gasteiger partial charge in [0.05, 0.1) is 7.11 Å². The molecule has 1 aromatic carbocycles. The van der Waals surface area contributed by atoms with Gasteiger partial charge in [0.25, 0.3) is 0 Å². The summed E-state index contributed by atoms with van der Waals surface area (Å²) >= 11 is 5.84. The first-order valence-electron chi connectivity index (χ1n) is 4.51. The molecule has 0 radical (unpaired) electrons. The molecule has 2 heteroatoms. The molecule has 72 valence electrons. The summed E-state index contributed by atoms with van der Waals surface area (Å²) < 4.78 is 5.08. The van der Waals surface area contributed by atoms with Crippen LogP contribution in [-0.4, -0.2) is 13.0 Å². The van der Waals surface area contributed by atoms with E-state index in [4.69, 9.17) is 16.3 Å². The quantitative estimate of drug-likeness (QED) is 0.674. The van der Waals surface area contributed by atoms with Crippen LogP contribution in [0, 0.1) is 0 Å². The fraction of sp³-hybridized carbons (Fsp3) is 0.455. The normalized spacial score (nSPS) is 12.5. The summed E-state index contributed by atoms with van der Waals surface area (Å²) in [6.07, 6.45) is 1.08. The highest BCUT2D eigenvalue weighted by Crippen LogP contribution is 2.22. The van der Waals surface area contributed by atoms with Crippen LogP contribution in [0.3, 0.4) is 0 Å². The number of hydrogen-bond acceptors (Lipinski definition) is 1. The van der Waals surface area contributed by atoms with Gasteiger partial charge in [-0.2, -0.15) is 0 Å². The first-order valence-corrected chi connectivity index (χ1v) is 5.05. The molecule has 0 amide bonds. The van der Waals surface area contributed by atoms with Gasteiger partial charge >= 0.3 is 0 Å². The van der Waals surface area contributed by atoms with Gasteiger partial charge in [-0.25, -0.2) is 0 Å². The Labute approximate surface area is 84.7 Å². The van der Waals surface area contributed by atoms with Gasteiger partial charge in [0.15, 0.2) is 0 Å². The van der Waals surface area contributed by atoms with Crippen molar-refractivity contribution in [3.05, 3.63) is 29.8 Å². The van der Waals surface area contributed by atoms with Crippen molar-refractivity contribution in [1.82, 2.24) is 0 Å². The number of methoxy groups -OCH3 is 1. The lowest BCUT2D eigenvalue weighted by molar-refractivity contribution is 0.414. The molecular formula is C11H15ClO. The van der Waals surface area contributed by atoms with Gasteiger partial charge in [0.2, 0.25) is 0 Å². The Morgan fingerprint density at radius 1 is 1.31 bits per heavy atom. The maximum Gasteiger partial charge on any atom is 0.118 e.